The summed E-state index contributed by atoms with van der Waals surface area (Å²) in [4.78, 5) is 18.4. The maximum Gasteiger partial charge on any atom is 0.202 e. The standard InChI is InChI=1S/C12H18N2O2S/c1-14(2)10-7-17-12-8(10)4-5-9(13-12)11(15)6-16-3/h7-8,12H,4-6H2,1-3H3. The maximum absolute atomic E-state index is 11.7. The largest absolute Gasteiger partial charge is 0.380 e. The zero-order valence-electron chi connectivity index (χ0n) is 10.5. The molecular weight excluding hydrogens is 236 g/mol. The van der Waals surface area contributed by atoms with Crippen molar-refractivity contribution in [3.8, 4) is 0 Å². The summed E-state index contributed by atoms with van der Waals surface area (Å²) in [5.41, 5.74) is 2.04. The highest BCUT2D eigenvalue weighted by atomic mass is 32.2. The molecule has 2 aliphatic rings. The molecule has 0 saturated carbocycles. The monoisotopic (exact) mass is 254 g/mol. The number of rotatable bonds is 4. The summed E-state index contributed by atoms with van der Waals surface area (Å²) in [5.74, 6) is 0.499. The van der Waals surface area contributed by atoms with Crippen LogP contribution in [-0.4, -0.2) is 49.6 Å². The molecule has 2 unspecified atom stereocenters. The van der Waals surface area contributed by atoms with E-state index >= 15 is 0 Å². The lowest BCUT2D eigenvalue weighted by atomic mass is 9.93. The minimum atomic E-state index is 0.0323. The zero-order valence-corrected chi connectivity index (χ0v) is 11.3. The van der Waals surface area contributed by atoms with E-state index in [-0.39, 0.29) is 17.8 Å². The van der Waals surface area contributed by atoms with E-state index in [0.29, 0.717) is 11.6 Å². The average molecular weight is 254 g/mol. The number of carbonyl (C=O) groups excluding carboxylic acids is 1. The van der Waals surface area contributed by atoms with Crippen LogP contribution >= 0.6 is 11.8 Å². The second-order valence-corrected chi connectivity index (χ2v) is 5.53. The Bertz CT molecular complexity index is 377. The van der Waals surface area contributed by atoms with Crippen LogP contribution in [0.3, 0.4) is 0 Å². The molecule has 2 atom stereocenters. The highest BCUT2D eigenvalue weighted by molar-refractivity contribution is 8.03. The van der Waals surface area contributed by atoms with Crippen molar-refractivity contribution in [2.24, 2.45) is 10.9 Å². The molecule has 0 aromatic heterocycles. The quantitative estimate of drug-likeness (QED) is 0.763. The van der Waals surface area contributed by atoms with Gasteiger partial charge in [-0.1, -0.05) is 0 Å². The fraction of sp³-hybridized carbons (Fsp3) is 0.667. The van der Waals surface area contributed by atoms with Crippen molar-refractivity contribution >= 4 is 23.3 Å². The van der Waals surface area contributed by atoms with Gasteiger partial charge in [0.1, 0.15) is 12.0 Å². The highest BCUT2D eigenvalue weighted by Crippen LogP contribution is 2.42. The smallest absolute Gasteiger partial charge is 0.202 e. The van der Waals surface area contributed by atoms with E-state index in [2.05, 4.69) is 29.4 Å². The molecule has 5 heteroatoms. The lowest BCUT2D eigenvalue weighted by molar-refractivity contribution is -0.116. The van der Waals surface area contributed by atoms with Crippen molar-refractivity contribution < 1.29 is 9.53 Å². The number of hydrogen-bond acceptors (Lipinski definition) is 5. The average Bonchev–Trinajstić information content (AvgIpc) is 2.71. The molecule has 0 amide bonds. The van der Waals surface area contributed by atoms with Crippen LogP contribution < -0.4 is 0 Å². The van der Waals surface area contributed by atoms with E-state index < -0.39 is 0 Å². The molecule has 0 saturated heterocycles. The number of ketones is 1. The van der Waals surface area contributed by atoms with Crippen LogP contribution in [-0.2, 0) is 9.53 Å². The topological polar surface area (TPSA) is 41.9 Å². The summed E-state index contributed by atoms with van der Waals surface area (Å²) in [6.45, 7) is 0.148. The number of aliphatic imine (C=N–C) groups is 1. The van der Waals surface area contributed by atoms with Gasteiger partial charge in [-0.3, -0.25) is 9.79 Å². The van der Waals surface area contributed by atoms with Gasteiger partial charge in [-0.2, -0.15) is 0 Å². The lowest BCUT2D eigenvalue weighted by Gasteiger charge is -2.28. The van der Waals surface area contributed by atoms with Crippen LogP contribution in [0.1, 0.15) is 12.8 Å². The number of methoxy groups -OCH3 is 1. The maximum atomic E-state index is 11.7. The van der Waals surface area contributed by atoms with Crippen molar-refractivity contribution in [2.45, 2.75) is 18.2 Å². The summed E-state index contributed by atoms with van der Waals surface area (Å²) in [5, 5.41) is 2.36. The number of ether oxygens (including phenoxy) is 1. The first-order chi connectivity index (χ1) is 8.13. The van der Waals surface area contributed by atoms with Crippen molar-refractivity contribution in [1.82, 2.24) is 4.90 Å². The molecule has 4 nitrogen and oxygen atoms in total. The number of carbonyl (C=O) groups is 1. The first-order valence-corrected chi connectivity index (χ1v) is 6.69. The Morgan fingerprint density at radius 1 is 1.65 bits per heavy atom. The molecule has 0 N–H and O–H groups in total. The van der Waals surface area contributed by atoms with Gasteiger partial charge < -0.3 is 9.64 Å². The molecule has 0 bridgehead atoms. The fourth-order valence-corrected chi connectivity index (χ4v) is 3.57. The Kier molecular flexibility index (Phi) is 3.89. The predicted molar refractivity (Wildman–Crippen MR) is 70.2 cm³/mol. The summed E-state index contributed by atoms with van der Waals surface area (Å²) in [6, 6.07) is 0. The molecule has 0 fully saturated rings. The van der Waals surface area contributed by atoms with Gasteiger partial charge in [0.05, 0.1) is 5.71 Å². The minimum absolute atomic E-state index is 0.0323. The molecule has 0 radical (unpaired) electrons. The van der Waals surface area contributed by atoms with Gasteiger partial charge in [0.15, 0.2) is 0 Å². The number of Topliss-reactive ketones (excluding diaryl/α,β-unsaturated/α-hetero) is 1. The first-order valence-electron chi connectivity index (χ1n) is 5.75. The second kappa shape index (κ2) is 5.23. The van der Waals surface area contributed by atoms with E-state index in [0.717, 1.165) is 12.8 Å². The third-order valence-electron chi connectivity index (χ3n) is 3.14. The molecule has 2 heterocycles. The van der Waals surface area contributed by atoms with Crippen molar-refractivity contribution in [2.75, 3.05) is 27.8 Å². The summed E-state index contributed by atoms with van der Waals surface area (Å²) < 4.78 is 4.87. The minimum Gasteiger partial charge on any atom is -0.380 e. The Morgan fingerprint density at radius 2 is 2.41 bits per heavy atom. The summed E-state index contributed by atoms with van der Waals surface area (Å²) in [6.07, 6.45) is 1.78. The first kappa shape index (κ1) is 12.6. The van der Waals surface area contributed by atoms with E-state index in [4.69, 9.17) is 4.74 Å². The Balaban J connectivity index is 2.07. The highest BCUT2D eigenvalue weighted by Gasteiger charge is 2.35. The molecule has 17 heavy (non-hydrogen) atoms. The second-order valence-electron chi connectivity index (χ2n) is 4.54. The van der Waals surface area contributed by atoms with Gasteiger partial charge in [-0.25, -0.2) is 0 Å². The molecule has 2 rings (SSSR count). The van der Waals surface area contributed by atoms with Gasteiger partial charge in [-0.05, 0) is 18.2 Å². The van der Waals surface area contributed by atoms with Crippen molar-refractivity contribution in [3.05, 3.63) is 11.1 Å². The van der Waals surface area contributed by atoms with Crippen LogP contribution in [0.4, 0.5) is 0 Å². The number of nitrogens with zero attached hydrogens (tertiary/aromatic N) is 2. The number of thioether (sulfide) groups is 1. The van der Waals surface area contributed by atoms with Crippen LogP contribution in [0, 0.1) is 5.92 Å². The molecule has 0 aliphatic carbocycles. The van der Waals surface area contributed by atoms with Gasteiger partial charge in [-0.15, -0.1) is 11.8 Å². The Hall–Kier alpha value is -0.810. The normalized spacial score (nSPS) is 27.2. The zero-order chi connectivity index (χ0) is 12.4. The van der Waals surface area contributed by atoms with Crippen LogP contribution in [0.15, 0.2) is 16.1 Å². The van der Waals surface area contributed by atoms with Gasteiger partial charge in [0, 0.05) is 32.8 Å². The summed E-state index contributed by atoms with van der Waals surface area (Å²) >= 11 is 1.72. The van der Waals surface area contributed by atoms with Gasteiger partial charge in [0.25, 0.3) is 0 Å². The van der Waals surface area contributed by atoms with Crippen LogP contribution in [0.25, 0.3) is 0 Å². The van der Waals surface area contributed by atoms with E-state index in [1.807, 2.05) is 0 Å². The lowest BCUT2D eigenvalue weighted by Crippen LogP contribution is -2.31. The third-order valence-corrected chi connectivity index (χ3v) is 4.23. The number of fused-ring (bicyclic) bond motifs is 1. The third kappa shape index (κ3) is 2.55. The van der Waals surface area contributed by atoms with E-state index in [1.165, 1.54) is 5.70 Å². The Labute approximate surface area is 106 Å². The van der Waals surface area contributed by atoms with Crippen LogP contribution in [0.2, 0.25) is 0 Å². The van der Waals surface area contributed by atoms with E-state index in [9.17, 15) is 4.79 Å². The SMILES string of the molecule is COCC(=O)C1=NC2SC=C(N(C)C)C2CC1. The van der Waals surface area contributed by atoms with Crippen LogP contribution in [0.5, 0.6) is 0 Å². The Morgan fingerprint density at radius 3 is 3.06 bits per heavy atom. The van der Waals surface area contributed by atoms with Gasteiger partial charge >= 0.3 is 0 Å². The summed E-state index contributed by atoms with van der Waals surface area (Å²) in [7, 11) is 5.66. The van der Waals surface area contributed by atoms with Crippen molar-refractivity contribution in [3.63, 3.8) is 0 Å². The van der Waals surface area contributed by atoms with E-state index in [1.54, 1.807) is 18.9 Å². The molecule has 0 aromatic rings. The molecular formula is C12H18N2O2S. The van der Waals surface area contributed by atoms with Gasteiger partial charge in [0.2, 0.25) is 5.78 Å². The fourth-order valence-electron chi connectivity index (χ4n) is 2.25. The number of hydrogen-bond donors (Lipinski definition) is 0. The molecule has 94 valence electrons. The molecule has 0 aromatic carbocycles. The predicted octanol–water partition coefficient (Wildman–Crippen LogP) is 1.53. The molecule has 2 aliphatic heterocycles. The molecule has 0 spiro atoms. The van der Waals surface area contributed by atoms with Crippen molar-refractivity contribution in [1.29, 1.82) is 0 Å².